The summed E-state index contributed by atoms with van der Waals surface area (Å²) in [6, 6.07) is 25.0. The lowest BCUT2D eigenvalue weighted by molar-refractivity contribution is 0.0701. The van der Waals surface area contributed by atoms with Gasteiger partial charge >= 0.3 is 5.97 Å². The molecule has 0 saturated heterocycles. The highest BCUT2D eigenvalue weighted by molar-refractivity contribution is 7.17. The highest BCUT2D eigenvalue weighted by Gasteiger charge is 2.27. The molecule has 192 valence electrons. The third-order valence-electron chi connectivity index (χ3n) is 6.62. The number of anilines is 2. The summed E-state index contributed by atoms with van der Waals surface area (Å²) in [7, 11) is 0. The van der Waals surface area contributed by atoms with E-state index < -0.39 is 11.9 Å². The smallest absolute Gasteiger partial charge is 0.345 e. The number of carboxylic acids is 1. The van der Waals surface area contributed by atoms with E-state index in [1.54, 1.807) is 41.3 Å². The largest absolute Gasteiger partial charge is 0.477 e. The Bertz CT molecular complexity index is 1780. The number of nitrogens with one attached hydrogen (secondary N) is 1. The van der Waals surface area contributed by atoms with E-state index in [0.29, 0.717) is 29.7 Å². The maximum Gasteiger partial charge on any atom is 0.345 e. The van der Waals surface area contributed by atoms with Crippen molar-refractivity contribution in [1.29, 1.82) is 0 Å². The minimum absolute atomic E-state index is 0.113. The number of carboxylic acid groups (broad SMARTS) is 1. The lowest BCUT2D eigenvalue weighted by atomic mass is 10.1. The number of carbonyl (C=O) groups is 3. The van der Waals surface area contributed by atoms with Crippen molar-refractivity contribution in [3.63, 3.8) is 0 Å². The van der Waals surface area contributed by atoms with Gasteiger partial charge in [0.25, 0.3) is 11.8 Å². The van der Waals surface area contributed by atoms with Gasteiger partial charge in [0.05, 0.1) is 16.8 Å². The quantitative estimate of drug-likeness (QED) is 0.239. The Morgan fingerprint density at radius 2 is 1.69 bits per heavy atom. The summed E-state index contributed by atoms with van der Waals surface area (Å²) < 4.78 is 0. The number of carbonyl (C=O) groups excluding carboxylic acids is 2. The van der Waals surface area contributed by atoms with Crippen LogP contribution in [-0.2, 0) is 6.42 Å². The van der Waals surface area contributed by atoms with Gasteiger partial charge in [0.1, 0.15) is 10.0 Å². The molecular weight excluding hydrogens is 534 g/mol. The van der Waals surface area contributed by atoms with Crippen LogP contribution in [-0.4, -0.2) is 34.4 Å². The summed E-state index contributed by atoms with van der Waals surface area (Å²) in [6.07, 6.45) is 0.536. The molecule has 0 saturated carbocycles. The third-order valence-corrected chi connectivity index (χ3v) is 8.11. The van der Waals surface area contributed by atoms with E-state index in [-0.39, 0.29) is 21.5 Å². The molecule has 0 unspecified atom stereocenters. The topological polar surface area (TPSA) is 99.6 Å². The lowest BCUT2D eigenvalue weighted by Crippen LogP contribution is -2.32. The first-order chi connectivity index (χ1) is 18.9. The molecule has 1 aliphatic heterocycles. The van der Waals surface area contributed by atoms with E-state index in [9.17, 15) is 19.5 Å². The Morgan fingerprint density at radius 3 is 2.49 bits per heavy atom. The van der Waals surface area contributed by atoms with Crippen LogP contribution >= 0.6 is 22.9 Å². The Balaban J connectivity index is 1.24. The van der Waals surface area contributed by atoms with Crippen molar-refractivity contribution in [2.75, 3.05) is 16.8 Å². The van der Waals surface area contributed by atoms with Crippen LogP contribution in [0.15, 0.2) is 84.9 Å². The number of amides is 2. The summed E-state index contributed by atoms with van der Waals surface area (Å²) in [5, 5.41) is 13.2. The number of pyridine rings is 1. The minimum atomic E-state index is -0.954. The maximum absolute atomic E-state index is 13.6. The maximum atomic E-state index is 13.6. The number of fused-ring (bicyclic) bond motifs is 4. The molecule has 9 heteroatoms. The van der Waals surface area contributed by atoms with Crippen LogP contribution in [0.3, 0.4) is 0 Å². The van der Waals surface area contributed by atoms with Crippen molar-refractivity contribution in [1.82, 2.24) is 4.98 Å². The predicted octanol–water partition coefficient (Wildman–Crippen LogP) is 6.77. The van der Waals surface area contributed by atoms with Crippen molar-refractivity contribution >= 4 is 63.0 Å². The highest BCUT2D eigenvalue weighted by Crippen LogP contribution is 2.41. The van der Waals surface area contributed by atoms with Gasteiger partial charge < -0.3 is 15.3 Å². The zero-order chi connectivity index (χ0) is 27.1. The van der Waals surface area contributed by atoms with Crippen LogP contribution in [0.4, 0.5) is 11.4 Å². The van der Waals surface area contributed by atoms with Crippen molar-refractivity contribution in [2.45, 2.75) is 6.42 Å². The number of para-hydroxylation sites is 2. The zero-order valence-electron chi connectivity index (χ0n) is 20.3. The number of halogens is 1. The van der Waals surface area contributed by atoms with Crippen molar-refractivity contribution < 1.29 is 19.5 Å². The van der Waals surface area contributed by atoms with Gasteiger partial charge in [0.15, 0.2) is 0 Å². The first-order valence-corrected chi connectivity index (χ1v) is 13.3. The van der Waals surface area contributed by atoms with Crippen LogP contribution in [0.2, 0.25) is 5.15 Å². The number of aromatic nitrogens is 1. The molecule has 2 aromatic heterocycles. The molecule has 0 fully saturated rings. The van der Waals surface area contributed by atoms with Gasteiger partial charge in [-0.05, 0) is 60.5 Å². The van der Waals surface area contributed by atoms with E-state index >= 15 is 0 Å². The van der Waals surface area contributed by atoms with Crippen molar-refractivity contribution in [3.8, 4) is 10.4 Å². The fraction of sp³-hybridized carbons (Fsp3) is 0.0667. The number of benzene rings is 3. The number of aromatic carboxylic acids is 1. The van der Waals surface area contributed by atoms with E-state index in [2.05, 4.69) is 10.3 Å². The first kappa shape index (κ1) is 24.8. The standard InChI is InChI=1S/C30H20ClN3O4S/c31-27-22(15-18-5-1-3-7-23(18)33-27)28(35)32-20-11-9-17(10-12-20)29(36)34-14-13-19-16-25(30(37)38)39-26(19)21-6-2-4-8-24(21)34/h1-12,15-16H,13-14H2,(H,32,35)(H,37,38). The van der Waals surface area contributed by atoms with Crippen molar-refractivity contribution in [2.24, 2.45) is 0 Å². The van der Waals surface area contributed by atoms with Gasteiger partial charge in [-0.15, -0.1) is 11.3 Å². The van der Waals surface area contributed by atoms with Crippen LogP contribution < -0.4 is 10.2 Å². The second kappa shape index (κ2) is 9.98. The molecule has 0 atom stereocenters. The average molecular weight is 554 g/mol. The number of thiophene rings is 1. The number of nitrogens with zero attached hydrogens (tertiary/aromatic N) is 2. The van der Waals surface area contributed by atoms with Gasteiger partial charge in [-0.2, -0.15) is 0 Å². The number of hydrogen-bond acceptors (Lipinski definition) is 5. The fourth-order valence-electron chi connectivity index (χ4n) is 4.71. The third kappa shape index (κ3) is 4.65. The molecule has 3 heterocycles. The first-order valence-electron chi connectivity index (χ1n) is 12.1. The predicted molar refractivity (Wildman–Crippen MR) is 153 cm³/mol. The molecule has 6 rings (SSSR count). The van der Waals surface area contributed by atoms with Gasteiger partial charge in [-0.1, -0.05) is 48.0 Å². The van der Waals surface area contributed by atoms with Gasteiger partial charge in [0.2, 0.25) is 0 Å². The molecule has 0 spiro atoms. The van der Waals surface area contributed by atoms with Crippen LogP contribution in [0, 0.1) is 0 Å². The molecule has 3 aromatic carbocycles. The van der Waals surface area contributed by atoms with Gasteiger partial charge in [0, 0.05) is 33.6 Å². The molecule has 2 N–H and O–H groups in total. The Hall–Kier alpha value is -4.53. The number of rotatable bonds is 4. The summed E-state index contributed by atoms with van der Waals surface area (Å²) >= 11 is 7.50. The summed E-state index contributed by atoms with van der Waals surface area (Å²) in [5.74, 6) is -1.54. The monoisotopic (exact) mass is 553 g/mol. The lowest BCUT2D eigenvalue weighted by Gasteiger charge is -2.23. The fourth-order valence-corrected chi connectivity index (χ4v) is 6.03. The molecule has 0 aliphatic carbocycles. The van der Waals surface area contributed by atoms with Gasteiger partial charge in [-0.3, -0.25) is 9.59 Å². The molecule has 2 amide bonds. The van der Waals surface area contributed by atoms with E-state index in [0.717, 1.165) is 27.1 Å². The minimum Gasteiger partial charge on any atom is -0.477 e. The molecule has 39 heavy (non-hydrogen) atoms. The second-order valence-electron chi connectivity index (χ2n) is 9.05. The molecule has 7 nitrogen and oxygen atoms in total. The van der Waals surface area contributed by atoms with Crippen LogP contribution in [0.5, 0.6) is 0 Å². The molecular formula is C30H20ClN3O4S. The Morgan fingerprint density at radius 1 is 0.949 bits per heavy atom. The van der Waals surface area contributed by atoms with E-state index in [1.165, 1.54) is 11.3 Å². The Kier molecular flexibility index (Phi) is 6.34. The average Bonchev–Trinajstić information content (AvgIpc) is 3.31. The summed E-state index contributed by atoms with van der Waals surface area (Å²) in [6.45, 7) is 0.407. The van der Waals surface area contributed by atoms with E-state index in [4.69, 9.17) is 11.6 Å². The molecule has 0 bridgehead atoms. The SMILES string of the molecule is O=C(O)c1cc2c(s1)-c1ccccc1N(C(=O)c1ccc(NC(=O)c3cc4ccccc4nc3Cl)cc1)CC2. The second-order valence-corrected chi connectivity index (χ2v) is 10.5. The molecule has 5 aromatic rings. The van der Waals surface area contributed by atoms with Crippen LogP contribution in [0.25, 0.3) is 21.3 Å². The number of hydrogen-bond donors (Lipinski definition) is 2. The van der Waals surface area contributed by atoms with Crippen molar-refractivity contribution in [3.05, 3.63) is 112 Å². The zero-order valence-corrected chi connectivity index (χ0v) is 21.9. The van der Waals surface area contributed by atoms with E-state index in [1.807, 2.05) is 48.5 Å². The summed E-state index contributed by atoms with van der Waals surface area (Å²) in [4.78, 5) is 45.2. The van der Waals surface area contributed by atoms with Gasteiger partial charge in [-0.25, -0.2) is 9.78 Å². The highest BCUT2D eigenvalue weighted by atomic mass is 35.5. The van der Waals surface area contributed by atoms with Crippen LogP contribution in [0.1, 0.15) is 36.0 Å². The molecule has 1 aliphatic rings. The normalized spacial score (nSPS) is 12.4. The summed E-state index contributed by atoms with van der Waals surface area (Å²) in [5.41, 5.74) is 4.42. The molecule has 0 radical (unpaired) electrons. The Labute approximate surface area is 232 Å².